The molecule has 3 nitrogen and oxygen atoms in total. The summed E-state index contributed by atoms with van der Waals surface area (Å²) < 4.78 is 0. The van der Waals surface area contributed by atoms with Crippen LogP contribution in [0.2, 0.25) is 0 Å². The Balaban J connectivity index is 2.23. The summed E-state index contributed by atoms with van der Waals surface area (Å²) in [4.78, 5) is 2.68. The highest BCUT2D eigenvalue weighted by Gasteiger charge is 2.23. The van der Waals surface area contributed by atoms with E-state index in [-0.39, 0.29) is 5.54 Å². The molecule has 0 aliphatic carbocycles. The summed E-state index contributed by atoms with van der Waals surface area (Å²) in [7, 11) is 0. The van der Waals surface area contributed by atoms with Crippen LogP contribution in [0.15, 0.2) is 0 Å². The molecule has 0 aromatic carbocycles. The number of aliphatic hydroxyl groups is 1. The first-order valence-electron chi connectivity index (χ1n) is 8.13. The third-order valence-corrected chi connectivity index (χ3v) is 3.97. The highest BCUT2D eigenvalue weighted by atomic mass is 16.2. The van der Waals surface area contributed by atoms with Crippen molar-refractivity contribution < 1.29 is 5.11 Å². The molecule has 0 bridgehead atoms. The van der Waals surface area contributed by atoms with Gasteiger partial charge in [-0.15, -0.1) is 0 Å². The van der Waals surface area contributed by atoms with E-state index in [1.807, 2.05) is 0 Å². The molecule has 19 heavy (non-hydrogen) atoms. The first-order chi connectivity index (χ1) is 9.03. The monoisotopic (exact) mass is 270 g/mol. The molecule has 0 aromatic heterocycles. The summed E-state index contributed by atoms with van der Waals surface area (Å²) in [5.41, 5.74) is 0.226. The van der Waals surface area contributed by atoms with Gasteiger partial charge in [0.05, 0.1) is 0 Å². The quantitative estimate of drug-likeness (QED) is 0.666. The van der Waals surface area contributed by atoms with Gasteiger partial charge in [-0.3, -0.25) is 4.90 Å². The number of aliphatic hydroxyl groups excluding tert-OH is 1. The van der Waals surface area contributed by atoms with Crippen molar-refractivity contribution in [2.45, 2.75) is 77.3 Å². The highest BCUT2D eigenvalue weighted by molar-refractivity contribution is 4.82. The van der Waals surface area contributed by atoms with E-state index in [0.29, 0.717) is 6.61 Å². The summed E-state index contributed by atoms with van der Waals surface area (Å²) in [5, 5.41) is 12.4. The van der Waals surface area contributed by atoms with Crippen LogP contribution in [0, 0.1) is 0 Å². The van der Waals surface area contributed by atoms with Crippen molar-refractivity contribution in [2.24, 2.45) is 0 Å². The summed E-state index contributed by atoms with van der Waals surface area (Å²) in [6.45, 7) is 10.7. The predicted octanol–water partition coefficient (Wildman–Crippen LogP) is 2.78. The second-order valence-electron chi connectivity index (χ2n) is 6.95. The van der Waals surface area contributed by atoms with E-state index in [9.17, 15) is 0 Å². The normalized spacial score (nSPS) is 21.8. The first kappa shape index (κ1) is 16.9. The Hall–Kier alpha value is -0.120. The standard InChI is InChI=1S/C16H34N2O/c1-16(2,3)17-14-15-10-6-8-12-18(15)11-7-4-5-9-13-19/h15,17,19H,4-14H2,1-3H3. The molecule has 0 saturated carbocycles. The van der Waals surface area contributed by atoms with Gasteiger partial charge in [0.25, 0.3) is 0 Å². The molecule has 0 radical (unpaired) electrons. The lowest BCUT2D eigenvalue weighted by atomic mass is 10.00. The zero-order valence-electron chi connectivity index (χ0n) is 13.2. The van der Waals surface area contributed by atoms with Gasteiger partial charge in [-0.05, 0) is 59.5 Å². The van der Waals surface area contributed by atoms with Crippen molar-refractivity contribution >= 4 is 0 Å². The zero-order chi connectivity index (χ0) is 14.1. The summed E-state index contributed by atoms with van der Waals surface area (Å²) in [5.74, 6) is 0. The Kier molecular flexibility index (Phi) is 7.96. The molecule has 2 N–H and O–H groups in total. The van der Waals surface area contributed by atoms with Crippen LogP contribution in [0.25, 0.3) is 0 Å². The summed E-state index contributed by atoms with van der Waals surface area (Å²) >= 11 is 0. The minimum Gasteiger partial charge on any atom is -0.396 e. The highest BCUT2D eigenvalue weighted by Crippen LogP contribution is 2.18. The number of piperidine rings is 1. The van der Waals surface area contributed by atoms with E-state index in [1.165, 1.54) is 51.6 Å². The van der Waals surface area contributed by atoms with Gasteiger partial charge in [-0.1, -0.05) is 19.3 Å². The fourth-order valence-electron chi connectivity index (χ4n) is 2.79. The lowest BCUT2D eigenvalue weighted by Gasteiger charge is -2.37. The molecule has 3 heteroatoms. The second-order valence-corrected chi connectivity index (χ2v) is 6.95. The van der Waals surface area contributed by atoms with Crippen LogP contribution in [0.3, 0.4) is 0 Å². The van der Waals surface area contributed by atoms with Gasteiger partial charge in [-0.2, -0.15) is 0 Å². The number of unbranched alkanes of at least 4 members (excludes halogenated alkanes) is 3. The maximum absolute atomic E-state index is 8.78. The van der Waals surface area contributed by atoms with Crippen molar-refractivity contribution in [3.05, 3.63) is 0 Å². The molecular weight excluding hydrogens is 236 g/mol. The van der Waals surface area contributed by atoms with Gasteiger partial charge >= 0.3 is 0 Å². The largest absolute Gasteiger partial charge is 0.396 e. The van der Waals surface area contributed by atoms with Crippen molar-refractivity contribution in [1.82, 2.24) is 10.2 Å². The van der Waals surface area contributed by atoms with Gasteiger partial charge < -0.3 is 10.4 Å². The average molecular weight is 270 g/mol. The van der Waals surface area contributed by atoms with Crippen LogP contribution in [0.1, 0.15) is 65.7 Å². The molecule has 0 amide bonds. The number of rotatable bonds is 8. The van der Waals surface area contributed by atoms with Crippen LogP contribution in [0.5, 0.6) is 0 Å². The molecule has 1 aliphatic heterocycles. The average Bonchev–Trinajstić information content (AvgIpc) is 2.36. The maximum Gasteiger partial charge on any atom is 0.0431 e. The van der Waals surface area contributed by atoms with Gasteiger partial charge in [0, 0.05) is 24.7 Å². The van der Waals surface area contributed by atoms with Gasteiger partial charge in [0.2, 0.25) is 0 Å². The predicted molar refractivity (Wildman–Crippen MR) is 82.5 cm³/mol. The van der Waals surface area contributed by atoms with Gasteiger partial charge in [0.15, 0.2) is 0 Å². The van der Waals surface area contributed by atoms with E-state index in [1.54, 1.807) is 0 Å². The van der Waals surface area contributed by atoms with E-state index in [0.717, 1.165) is 19.0 Å². The van der Waals surface area contributed by atoms with Crippen LogP contribution < -0.4 is 5.32 Å². The minimum atomic E-state index is 0.226. The lowest BCUT2D eigenvalue weighted by Crippen LogP contribution is -2.49. The molecule has 114 valence electrons. The Labute approximate surface area is 119 Å². The molecule has 1 aliphatic rings. The molecule has 1 unspecified atom stereocenters. The van der Waals surface area contributed by atoms with E-state index in [4.69, 9.17) is 5.11 Å². The van der Waals surface area contributed by atoms with Crippen LogP contribution >= 0.6 is 0 Å². The molecule has 0 aromatic rings. The molecule has 1 saturated heterocycles. The number of nitrogens with zero attached hydrogens (tertiary/aromatic N) is 1. The van der Waals surface area contributed by atoms with Crippen LogP contribution in [-0.4, -0.2) is 47.8 Å². The van der Waals surface area contributed by atoms with Crippen molar-refractivity contribution in [3.8, 4) is 0 Å². The third kappa shape index (κ3) is 7.91. The SMILES string of the molecule is CC(C)(C)NCC1CCCCN1CCCCCCO. The first-order valence-corrected chi connectivity index (χ1v) is 8.13. The number of nitrogens with one attached hydrogen (secondary N) is 1. The number of hydrogen-bond acceptors (Lipinski definition) is 3. The van der Waals surface area contributed by atoms with Crippen LogP contribution in [-0.2, 0) is 0 Å². The zero-order valence-corrected chi connectivity index (χ0v) is 13.2. The summed E-state index contributed by atoms with van der Waals surface area (Å²) in [6.07, 6.45) is 8.78. The van der Waals surface area contributed by atoms with Crippen LogP contribution in [0.4, 0.5) is 0 Å². The number of hydrogen-bond donors (Lipinski definition) is 2. The van der Waals surface area contributed by atoms with Crippen molar-refractivity contribution in [1.29, 1.82) is 0 Å². The van der Waals surface area contributed by atoms with E-state index >= 15 is 0 Å². The van der Waals surface area contributed by atoms with E-state index < -0.39 is 0 Å². The Morgan fingerprint density at radius 3 is 2.53 bits per heavy atom. The Morgan fingerprint density at radius 1 is 1.11 bits per heavy atom. The minimum absolute atomic E-state index is 0.226. The lowest BCUT2D eigenvalue weighted by molar-refractivity contribution is 0.136. The Morgan fingerprint density at radius 2 is 1.84 bits per heavy atom. The van der Waals surface area contributed by atoms with E-state index in [2.05, 4.69) is 31.0 Å². The Bertz CT molecular complexity index is 225. The molecule has 1 atom stereocenters. The molecule has 1 heterocycles. The fourth-order valence-corrected chi connectivity index (χ4v) is 2.79. The topological polar surface area (TPSA) is 35.5 Å². The van der Waals surface area contributed by atoms with Crippen molar-refractivity contribution in [2.75, 3.05) is 26.2 Å². The van der Waals surface area contributed by atoms with Gasteiger partial charge in [-0.25, -0.2) is 0 Å². The summed E-state index contributed by atoms with van der Waals surface area (Å²) in [6, 6.07) is 0.728. The third-order valence-electron chi connectivity index (χ3n) is 3.97. The molecular formula is C16H34N2O. The van der Waals surface area contributed by atoms with Crippen molar-refractivity contribution in [3.63, 3.8) is 0 Å². The molecule has 1 rings (SSSR count). The smallest absolute Gasteiger partial charge is 0.0431 e. The maximum atomic E-state index is 8.78. The second kappa shape index (κ2) is 8.93. The fraction of sp³-hybridized carbons (Fsp3) is 1.00. The molecule has 0 spiro atoms. The van der Waals surface area contributed by atoms with Gasteiger partial charge in [0.1, 0.15) is 0 Å². The number of likely N-dealkylation sites (tertiary alicyclic amines) is 1. The molecule has 1 fully saturated rings.